The van der Waals surface area contributed by atoms with E-state index in [9.17, 15) is 4.79 Å². The van der Waals surface area contributed by atoms with E-state index in [0.29, 0.717) is 5.82 Å². The third kappa shape index (κ3) is 3.42. The van der Waals surface area contributed by atoms with E-state index in [1.54, 1.807) is 0 Å². The molecular formula is C10H9ClN2O3. The molecule has 0 saturated carbocycles. The van der Waals surface area contributed by atoms with Gasteiger partial charge in [-0.2, -0.15) is 0 Å². The second-order valence-electron chi connectivity index (χ2n) is 2.72. The molecule has 0 amide bonds. The van der Waals surface area contributed by atoms with Gasteiger partial charge in [-0.15, -0.1) is 0 Å². The van der Waals surface area contributed by atoms with Crippen molar-refractivity contribution in [3.05, 3.63) is 22.8 Å². The molecule has 0 aliphatic rings. The number of aromatic carboxylic acids is 1. The standard InChI is InChI=1S/C10H9ClN2O3/c11-8-6-13-9(5-7(8)10(15)16)12-3-1-2-4-14/h5-6,14H,3-4H2,(H,12,13)(H,15,16). The van der Waals surface area contributed by atoms with Crippen LogP contribution in [0.5, 0.6) is 0 Å². The van der Waals surface area contributed by atoms with E-state index in [4.69, 9.17) is 21.8 Å². The predicted molar refractivity (Wildman–Crippen MR) is 59.6 cm³/mol. The van der Waals surface area contributed by atoms with Gasteiger partial charge in [-0.05, 0) is 6.07 Å². The topological polar surface area (TPSA) is 82.5 Å². The summed E-state index contributed by atoms with van der Waals surface area (Å²) >= 11 is 5.64. The normalized spacial score (nSPS) is 9.12. The van der Waals surface area contributed by atoms with Gasteiger partial charge >= 0.3 is 5.97 Å². The van der Waals surface area contributed by atoms with Crippen LogP contribution in [0, 0.1) is 11.8 Å². The number of rotatable bonds is 3. The van der Waals surface area contributed by atoms with E-state index in [1.165, 1.54) is 12.3 Å². The molecule has 1 rings (SSSR count). The third-order valence-electron chi connectivity index (χ3n) is 1.65. The van der Waals surface area contributed by atoms with Crippen molar-refractivity contribution in [3.63, 3.8) is 0 Å². The first-order valence-corrected chi connectivity index (χ1v) is 4.72. The quantitative estimate of drug-likeness (QED) is 0.682. The number of hydrogen-bond acceptors (Lipinski definition) is 4. The van der Waals surface area contributed by atoms with Crippen LogP contribution >= 0.6 is 11.6 Å². The Morgan fingerprint density at radius 2 is 2.31 bits per heavy atom. The van der Waals surface area contributed by atoms with Gasteiger partial charge < -0.3 is 15.5 Å². The molecule has 0 saturated heterocycles. The Bertz CT molecular complexity index is 451. The minimum atomic E-state index is -1.11. The van der Waals surface area contributed by atoms with Crippen molar-refractivity contribution in [2.24, 2.45) is 0 Å². The summed E-state index contributed by atoms with van der Waals surface area (Å²) in [6, 6.07) is 1.32. The molecule has 16 heavy (non-hydrogen) atoms. The van der Waals surface area contributed by atoms with Gasteiger partial charge in [0.2, 0.25) is 0 Å². The molecule has 1 aromatic heterocycles. The van der Waals surface area contributed by atoms with Crippen LogP contribution in [0.1, 0.15) is 10.4 Å². The number of nitrogens with zero attached hydrogens (tertiary/aromatic N) is 1. The van der Waals surface area contributed by atoms with Crippen LogP contribution in [0.4, 0.5) is 5.82 Å². The van der Waals surface area contributed by atoms with E-state index in [1.807, 2.05) is 0 Å². The zero-order valence-electron chi connectivity index (χ0n) is 8.20. The SMILES string of the molecule is O=C(O)c1cc(NCC#CCO)ncc1Cl. The molecular weight excluding hydrogens is 232 g/mol. The largest absolute Gasteiger partial charge is 0.478 e. The fourth-order valence-corrected chi connectivity index (χ4v) is 1.14. The van der Waals surface area contributed by atoms with Crippen LogP contribution in [0.15, 0.2) is 12.3 Å². The number of carboxylic acid groups (broad SMARTS) is 1. The maximum atomic E-state index is 10.7. The molecule has 0 bridgehead atoms. The van der Waals surface area contributed by atoms with E-state index < -0.39 is 5.97 Å². The highest BCUT2D eigenvalue weighted by molar-refractivity contribution is 6.33. The van der Waals surface area contributed by atoms with Gasteiger partial charge in [-0.1, -0.05) is 23.4 Å². The minimum Gasteiger partial charge on any atom is -0.478 e. The first-order chi connectivity index (χ1) is 7.65. The van der Waals surface area contributed by atoms with Gasteiger partial charge in [0.1, 0.15) is 12.4 Å². The monoisotopic (exact) mass is 240 g/mol. The molecule has 84 valence electrons. The van der Waals surface area contributed by atoms with Crippen LogP contribution in [0.2, 0.25) is 5.02 Å². The Morgan fingerprint density at radius 3 is 2.94 bits per heavy atom. The Labute approximate surface area is 97.1 Å². The number of nitrogens with one attached hydrogen (secondary N) is 1. The molecule has 0 aliphatic carbocycles. The predicted octanol–water partition coefficient (Wildman–Crippen LogP) is 0.841. The highest BCUT2D eigenvalue weighted by Gasteiger charge is 2.09. The average molecular weight is 241 g/mol. The Kier molecular flexibility index (Phi) is 4.58. The Balaban J connectivity index is 2.75. The number of pyridine rings is 1. The molecule has 0 radical (unpaired) electrons. The number of carboxylic acids is 1. The van der Waals surface area contributed by atoms with Crippen molar-refractivity contribution in [1.82, 2.24) is 4.98 Å². The minimum absolute atomic E-state index is 0.0192. The lowest BCUT2D eigenvalue weighted by molar-refractivity contribution is 0.0697. The number of hydrogen-bond donors (Lipinski definition) is 3. The summed E-state index contributed by atoms with van der Waals surface area (Å²) in [6.45, 7) is 0.0599. The first kappa shape index (κ1) is 12.3. The smallest absolute Gasteiger partial charge is 0.337 e. The number of aliphatic hydroxyl groups excluding tert-OH is 1. The number of halogens is 1. The van der Waals surface area contributed by atoms with Gasteiger partial charge in [0.15, 0.2) is 0 Å². The summed E-state index contributed by atoms with van der Waals surface area (Å²) in [5.74, 6) is 4.31. The fraction of sp³-hybridized carbons (Fsp3) is 0.200. The molecule has 1 aromatic rings. The Morgan fingerprint density at radius 1 is 1.56 bits per heavy atom. The lowest BCUT2D eigenvalue weighted by atomic mass is 10.2. The maximum absolute atomic E-state index is 10.7. The second kappa shape index (κ2) is 5.95. The van der Waals surface area contributed by atoms with E-state index >= 15 is 0 Å². The molecule has 0 aliphatic heterocycles. The van der Waals surface area contributed by atoms with Crippen LogP contribution in [-0.2, 0) is 0 Å². The first-order valence-electron chi connectivity index (χ1n) is 4.34. The molecule has 5 nitrogen and oxygen atoms in total. The van der Waals surface area contributed by atoms with E-state index in [-0.39, 0.29) is 23.7 Å². The van der Waals surface area contributed by atoms with Gasteiger partial charge in [0.05, 0.1) is 17.1 Å². The summed E-state index contributed by atoms with van der Waals surface area (Å²) in [5.41, 5.74) is -0.0192. The fourth-order valence-electron chi connectivity index (χ4n) is 0.952. The van der Waals surface area contributed by atoms with Crippen LogP contribution in [0.25, 0.3) is 0 Å². The summed E-state index contributed by atoms with van der Waals surface area (Å²) in [6.07, 6.45) is 1.26. The molecule has 3 N–H and O–H groups in total. The number of aromatic nitrogens is 1. The highest BCUT2D eigenvalue weighted by atomic mass is 35.5. The Hall–Kier alpha value is -1.77. The van der Waals surface area contributed by atoms with Crippen molar-refractivity contribution >= 4 is 23.4 Å². The number of carbonyl (C=O) groups is 1. The second-order valence-corrected chi connectivity index (χ2v) is 3.13. The molecule has 0 spiro atoms. The summed E-state index contributed by atoms with van der Waals surface area (Å²) in [4.78, 5) is 14.6. The summed E-state index contributed by atoms with van der Waals surface area (Å²) in [7, 11) is 0. The van der Waals surface area contributed by atoms with Gasteiger partial charge in [0.25, 0.3) is 0 Å². The van der Waals surface area contributed by atoms with Gasteiger partial charge in [-0.25, -0.2) is 9.78 Å². The molecule has 0 atom stereocenters. The van der Waals surface area contributed by atoms with Crippen molar-refractivity contribution in [1.29, 1.82) is 0 Å². The van der Waals surface area contributed by atoms with Gasteiger partial charge in [0, 0.05) is 6.20 Å². The zero-order chi connectivity index (χ0) is 12.0. The molecule has 0 fully saturated rings. The third-order valence-corrected chi connectivity index (χ3v) is 1.95. The summed E-state index contributed by atoms with van der Waals surface area (Å²) in [5, 5.41) is 20.1. The number of aliphatic hydroxyl groups is 1. The van der Waals surface area contributed by atoms with E-state index in [0.717, 1.165) is 0 Å². The maximum Gasteiger partial charge on any atom is 0.337 e. The van der Waals surface area contributed by atoms with E-state index in [2.05, 4.69) is 22.1 Å². The van der Waals surface area contributed by atoms with Crippen molar-refractivity contribution in [2.75, 3.05) is 18.5 Å². The van der Waals surface area contributed by atoms with Crippen molar-refractivity contribution < 1.29 is 15.0 Å². The average Bonchev–Trinajstić information content (AvgIpc) is 2.26. The number of anilines is 1. The molecule has 1 heterocycles. The molecule has 0 aromatic carbocycles. The van der Waals surface area contributed by atoms with Crippen molar-refractivity contribution in [3.8, 4) is 11.8 Å². The van der Waals surface area contributed by atoms with Crippen LogP contribution < -0.4 is 5.32 Å². The zero-order valence-corrected chi connectivity index (χ0v) is 8.95. The van der Waals surface area contributed by atoms with Crippen molar-refractivity contribution in [2.45, 2.75) is 0 Å². The highest BCUT2D eigenvalue weighted by Crippen LogP contribution is 2.17. The van der Waals surface area contributed by atoms with Crippen LogP contribution in [0.3, 0.4) is 0 Å². The lowest BCUT2D eigenvalue weighted by Crippen LogP contribution is -2.04. The lowest BCUT2D eigenvalue weighted by Gasteiger charge is -2.03. The molecule has 6 heteroatoms. The summed E-state index contributed by atoms with van der Waals surface area (Å²) < 4.78 is 0. The van der Waals surface area contributed by atoms with Crippen LogP contribution in [-0.4, -0.2) is 34.3 Å². The molecule has 0 unspecified atom stereocenters. The van der Waals surface area contributed by atoms with Gasteiger partial charge in [-0.3, -0.25) is 0 Å².